The first kappa shape index (κ1) is 15.8. The van der Waals surface area contributed by atoms with Crippen LogP contribution in [0.3, 0.4) is 0 Å². The van der Waals surface area contributed by atoms with E-state index in [4.69, 9.17) is 0 Å². The Kier molecular flexibility index (Phi) is 4.46. The minimum absolute atomic E-state index is 0. The first-order valence-corrected chi connectivity index (χ1v) is 8.33. The predicted molar refractivity (Wildman–Crippen MR) is 86.9 cm³/mol. The number of nitrogens with zero attached hydrogens (tertiary/aromatic N) is 1. The van der Waals surface area contributed by atoms with Gasteiger partial charge in [-0.1, -0.05) is 12.8 Å². The predicted octanol–water partition coefficient (Wildman–Crippen LogP) is 2.10. The standard InChI is InChI=1S/C16H24N4O.ClH/c21-15(16-7-2-1-5-12(16)9-17-10-16)19-13-6-3-4-11-8-18-20-14(11)13;/h8,12-13,17H,1-7,9-10H2,(H,18,20)(H,19,21);1H/t12-,13?,16+;/m0./s1. The van der Waals surface area contributed by atoms with Gasteiger partial charge in [0, 0.05) is 6.54 Å². The smallest absolute Gasteiger partial charge is 0.228 e. The third-order valence-electron chi connectivity index (χ3n) is 5.83. The highest BCUT2D eigenvalue weighted by molar-refractivity contribution is 5.85. The Labute approximate surface area is 137 Å². The Morgan fingerprint density at radius 3 is 3.14 bits per heavy atom. The molecule has 122 valence electrons. The quantitative estimate of drug-likeness (QED) is 0.780. The molecule has 0 aromatic carbocycles. The fourth-order valence-electron chi connectivity index (χ4n) is 4.60. The number of aryl methyl sites for hydroxylation is 1. The van der Waals surface area contributed by atoms with E-state index in [0.29, 0.717) is 5.92 Å². The van der Waals surface area contributed by atoms with Crippen molar-refractivity contribution < 1.29 is 4.79 Å². The van der Waals surface area contributed by atoms with Gasteiger partial charge in [0.2, 0.25) is 5.91 Å². The average molecular weight is 325 g/mol. The van der Waals surface area contributed by atoms with Gasteiger partial charge < -0.3 is 10.6 Å². The summed E-state index contributed by atoms with van der Waals surface area (Å²) in [5, 5.41) is 14.0. The van der Waals surface area contributed by atoms with Gasteiger partial charge in [-0.15, -0.1) is 12.4 Å². The highest BCUT2D eigenvalue weighted by Gasteiger charge is 2.50. The van der Waals surface area contributed by atoms with E-state index in [0.717, 1.165) is 44.5 Å². The molecule has 6 heteroatoms. The zero-order chi connectivity index (χ0) is 14.3. The second kappa shape index (κ2) is 6.20. The number of nitrogens with one attached hydrogen (secondary N) is 3. The van der Waals surface area contributed by atoms with Gasteiger partial charge in [0.05, 0.1) is 23.3 Å². The van der Waals surface area contributed by atoms with Gasteiger partial charge in [-0.2, -0.15) is 5.10 Å². The molecular formula is C16H25ClN4O. The lowest BCUT2D eigenvalue weighted by molar-refractivity contribution is -0.135. The van der Waals surface area contributed by atoms with Crippen molar-refractivity contribution in [2.45, 2.75) is 51.0 Å². The maximum absolute atomic E-state index is 13.0. The van der Waals surface area contributed by atoms with Crippen molar-refractivity contribution in [2.75, 3.05) is 13.1 Å². The maximum atomic E-state index is 13.0. The van der Waals surface area contributed by atoms with Crippen molar-refractivity contribution in [1.82, 2.24) is 20.8 Å². The SMILES string of the molecule is Cl.O=C(NC1CCCc2cn[nH]c21)[C@@]12CCCC[C@H]1CNC2. The number of carbonyl (C=O) groups is 1. The van der Waals surface area contributed by atoms with Gasteiger partial charge in [0.15, 0.2) is 0 Å². The lowest BCUT2D eigenvalue weighted by atomic mass is 9.67. The van der Waals surface area contributed by atoms with Gasteiger partial charge >= 0.3 is 0 Å². The molecule has 0 radical (unpaired) electrons. The van der Waals surface area contributed by atoms with E-state index in [1.807, 2.05) is 6.20 Å². The van der Waals surface area contributed by atoms with E-state index in [1.54, 1.807) is 0 Å². The van der Waals surface area contributed by atoms with Crippen LogP contribution in [-0.4, -0.2) is 29.2 Å². The molecule has 1 saturated carbocycles. The van der Waals surface area contributed by atoms with Crippen LogP contribution in [0.4, 0.5) is 0 Å². The highest BCUT2D eigenvalue weighted by Crippen LogP contribution is 2.44. The molecule has 0 spiro atoms. The van der Waals surface area contributed by atoms with Crippen LogP contribution >= 0.6 is 12.4 Å². The molecule has 3 aliphatic rings. The number of hydrogen-bond acceptors (Lipinski definition) is 3. The van der Waals surface area contributed by atoms with Crippen LogP contribution in [0, 0.1) is 11.3 Å². The molecule has 1 unspecified atom stereocenters. The Bertz CT molecular complexity index is 546. The molecular weight excluding hydrogens is 300 g/mol. The summed E-state index contributed by atoms with van der Waals surface area (Å²) < 4.78 is 0. The van der Waals surface area contributed by atoms with E-state index < -0.39 is 0 Å². The molecule has 1 aromatic rings. The normalized spacial score (nSPS) is 33.5. The van der Waals surface area contributed by atoms with E-state index >= 15 is 0 Å². The first-order chi connectivity index (χ1) is 10.3. The Balaban J connectivity index is 0.00000144. The van der Waals surface area contributed by atoms with Crippen LogP contribution < -0.4 is 10.6 Å². The van der Waals surface area contributed by atoms with Crippen LogP contribution in [0.1, 0.15) is 55.8 Å². The minimum atomic E-state index is -0.157. The molecule has 22 heavy (non-hydrogen) atoms. The molecule has 1 amide bonds. The number of halogens is 1. The molecule has 2 fully saturated rings. The number of fused-ring (bicyclic) bond motifs is 2. The van der Waals surface area contributed by atoms with Gasteiger partial charge in [-0.3, -0.25) is 9.89 Å². The van der Waals surface area contributed by atoms with E-state index in [1.165, 1.54) is 24.8 Å². The number of rotatable bonds is 2. The number of aromatic nitrogens is 2. The largest absolute Gasteiger partial charge is 0.347 e. The van der Waals surface area contributed by atoms with Crippen molar-refractivity contribution in [3.05, 3.63) is 17.5 Å². The molecule has 4 rings (SSSR count). The Hall–Kier alpha value is -1.07. The highest BCUT2D eigenvalue weighted by atomic mass is 35.5. The summed E-state index contributed by atoms with van der Waals surface area (Å²) in [5.74, 6) is 0.792. The lowest BCUT2D eigenvalue weighted by Gasteiger charge is -2.38. The zero-order valence-corrected chi connectivity index (χ0v) is 13.7. The van der Waals surface area contributed by atoms with Crippen LogP contribution in [0.2, 0.25) is 0 Å². The summed E-state index contributed by atoms with van der Waals surface area (Å²) in [6.45, 7) is 1.86. The molecule has 2 aliphatic carbocycles. The van der Waals surface area contributed by atoms with Crippen molar-refractivity contribution in [3.63, 3.8) is 0 Å². The van der Waals surface area contributed by atoms with Gasteiger partial charge in [0.25, 0.3) is 0 Å². The summed E-state index contributed by atoms with van der Waals surface area (Å²) in [5.41, 5.74) is 2.24. The number of amides is 1. The zero-order valence-electron chi connectivity index (χ0n) is 12.9. The molecule has 2 heterocycles. The summed E-state index contributed by atoms with van der Waals surface area (Å²) in [6.07, 6.45) is 9.84. The topological polar surface area (TPSA) is 69.8 Å². The number of hydrogen-bond donors (Lipinski definition) is 3. The molecule has 1 aliphatic heterocycles. The molecule has 0 bridgehead atoms. The molecule has 3 N–H and O–H groups in total. The van der Waals surface area contributed by atoms with Crippen LogP contribution in [-0.2, 0) is 11.2 Å². The number of aromatic amines is 1. The minimum Gasteiger partial charge on any atom is -0.347 e. The Morgan fingerprint density at radius 1 is 1.32 bits per heavy atom. The van der Waals surface area contributed by atoms with E-state index in [-0.39, 0.29) is 29.8 Å². The number of carbonyl (C=O) groups excluding carboxylic acids is 1. The van der Waals surface area contributed by atoms with E-state index in [2.05, 4.69) is 20.8 Å². The molecule has 1 saturated heterocycles. The second-order valence-corrected chi connectivity index (χ2v) is 6.96. The second-order valence-electron chi connectivity index (χ2n) is 6.96. The van der Waals surface area contributed by atoms with Crippen LogP contribution in [0.5, 0.6) is 0 Å². The molecule has 1 aromatic heterocycles. The fraction of sp³-hybridized carbons (Fsp3) is 0.750. The van der Waals surface area contributed by atoms with Gasteiger partial charge in [-0.05, 0) is 50.1 Å². The molecule has 5 nitrogen and oxygen atoms in total. The van der Waals surface area contributed by atoms with Gasteiger partial charge in [-0.25, -0.2) is 0 Å². The molecule has 3 atom stereocenters. The average Bonchev–Trinajstić information content (AvgIpc) is 3.14. The Morgan fingerprint density at radius 2 is 2.23 bits per heavy atom. The fourth-order valence-corrected chi connectivity index (χ4v) is 4.60. The summed E-state index contributed by atoms with van der Waals surface area (Å²) >= 11 is 0. The van der Waals surface area contributed by atoms with Gasteiger partial charge in [0.1, 0.15) is 0 Å². The van der Waals surface area contributed by atoms with Crippen LogP contribution in [0.25, 0.3) is 0 Å². The lowest BCUT2D eigenvalue weighted by Crippen LogP contribution is -2.49. The van der Waals surface area contributed by atoms with Crippen molar-refractivity contribution in [3.8, 4) is 0 Å². The summed E-state index contributed by atoms with van der Waals surface area (Å²) in [4.78, 5) is 13.0. The number of H-pyrrole nitrogens is 1. The first-order valence-electron chi connectivity index (χ1n) is 8.33. The van der Waals surface area contributed by atoms with Crippen LogP contribution in [0.15, 0.2) is 6.20 Å². The summed E-state index contributed by atoms with van der Waals surface area (Å²) in [7, 11) is 0. The monoisotopic (exact) mass is 324 g/mol. The maximum Gasteiger partial charge on any atom is 0.228 e. The van der Waals surface area contributed by atoms with E-state index in [9.17, 15) is 4.79 Å². The van der Waals surface area contributed by atoms with Crippen molar-refractivity contribution >= 4 is 18.3 Å². The van der Waals surface area contributed by atoms with Crippen molar-refractivity contribution in [2.24, 2.45) is 11.3 Å². The summed E-state index contributed by atoms with van der Waals surface area (Å²) in [6, 6.07) is 0.126. The van der Waals surface area contributed by atoms with Crippen molar-refractivity contribution in [1.29, 1.82) is 0 Å². The third kappa shape index (κ3) is 2.44. The third-order valence-corrected chi connectivity index (χ3v) is 5.83.